The largest absolute Gasteiger partial charge is 0.467 e. The molecule has 2 aromatic rings. The summed E-state index contributed by atoms with van der Waals surface area (Å²) in [6.07, 6.45) is 7.34. The van der Waals surface area contributed by atoms with Gasteiger partial charge in [0.2, 0.25) is 0 Å². The zero-order valence-corrected chi connectivity index (χ0v) is 19.8. The molecule has 0 aromatic carbocycles. The second kappa shape index (κ2) is 9.26. The fraction of sp³-hybridized carbons (Fsp3) is 0.625. The molecule has 3 saturated heterocycles. The average molecular weight is 469 g/mol. The quantitative estimate of drug-likeness (QED) is 0.561. The van der Waals surface area contributed by atoms with Gasteiger partial charge in [0.25, 0.3) is 0 Å². The first-order chi connectivity index (χ1) is 16.7. The van der Waals surface area contributed by atoms with Crippen molar-refractivity contribution in [3.63, 3.8) is 0 Å². The first kappa shape index (κ1) is 22.0. The summed E-state index contributed by atoms with van der Waals surface area (Å²) in [5, 5.41) is 6.75. The van der Waals surface area contributed by atoms with E-state index in [0.29, 0.717) is 24.5 Å². The van der Waals surface area contributed by atoms with Crippen molar-refractivity contribution in [1.82, 2.24) is 24.6 Å². The van der Waals surface area contributed by atoms with Crippen molar-refractivity contribution in [2.24, 2.45) is 5.92 Å². The van der Waals surface area contributed by atoms with E-state index in [-0.39, 0.29) is 18.1 Å². The summed E-state index contributed by atoms with van der Waals surface area (Å²) >= 11 is 0. The van der Waals surface area contributed by atoms with Gasteiger partial charge in [-0.05, 0) is 12.5 Å². The molecule has 0 saturated carbocycles. The molecule has 34 heavy (non-hydrogen) atoms. The molecular formula is C24H32N6O4. The molecule has 0 bridgehead atoms. The summed E-state index contributed by atoms with van der Waals surface area (Å²) in [5.74, 6) is 1.82. The second-order valence-corrected chi connectivity index (χ2v) is 9.46. The van der Waals surface area contributed by atoms with Gasteiger partial charge >= 0.3 is 6.01 Å². The van der Waals surface area contributed by atoms with E-state index >= 15 is 0 Å². The van der Waals surface area contributed by atoms with E-state index in [1.165, 1.54) is 0 Å². The molecule has 3 unspecified atom stereocenters. The number of anilines is 1. The van der Waals surface area contributed by atoms with Crippen molar-refractivity contribution < 1.29 is 18.9 Å². The summed E-state index contributed by atoms with van der Waals surface area (Å²) in [7, 11) is 1.60. The zero-order chi connectivity index (χ0) is 23.1. The number of aromatic nitrogens is 4. The standard InChI is InChI=1S/C24H32N6O4/c1-16-9-17-12-25-30(20(17)10-21(16)34-19-3-8-32-15-19)23-11-22(26-24(27-23)31-2)29-6-4-28(5-7-29)18-13-33-14-18/h9-12,16,18-19,21H,3-8,13-15H2,1-2H3. The molecule has 0 spiro atoms. The van der Waals surface area contributed by atoms with Crippen LogP contribution >= 0.6 is 0 Å². The summed E-state index contributed by atoms with van der Waals surface area (Å²) in [5.41, 5.74) is 0. The van der Waals surface area contributed by atoms with Crippen LogP contribution in [0.5, 0.6) is 6.01 Å². The molecule has 182 valence electrons. The Hall–Kier alpha value is -2.53. The maximum Gasteiger partial charge on any atom is 0.320 e. The topological polar surface area (TPSA) is 87.0 Å². The first-order valence-corrected chi connectivity index (χ1v) is 12.2. The maximum absolute atomic E-state index is 6.36. The summed E-state index contributed by atoms with van der Waals surface area (Å²) in [4.78, 5) is 14.1. The molecule has 3 aliphatic heterocycles. The van der Waals surface area contributed by atoms with Crippen LogP contribution in [0.2, 0.25) is 0 Å². The number of methoxy groups -OCH3 is 1. The Bertz CT molecular complexity index is 1130. The van der Waals surface area contributed by atoms with Gasteiger partial charge in [0.05, 0.1) is 56.7 Å². The molecule has 0 radical (unpaired) electrons. The highest BCUT2D eigenvalue weighted by Crippen LogP contribution is 2.22. The minimum Gasteiger partial charge on any atom is -0.467 e. The first-order valence-electron chi connectivity index (χ1n) is 12.2. The molecule has 1 aliphatic carbocycles. The van der Waals surface area contributed by atoms with Gasteiger partial charge in [0.15, 0.2) is 5.82 Å². The Balaban J connectivity index is 1.28. The molecule has 10 heteroatoms. The van der Waals surface area contributed by atoms with Crippen molar-refractivity contribution in [1.29, 1.82) is 0 Å². The molecule has 2 aromatic heterocycles. The van der Waals surface area contributed by atoms with Gasteiger partial charge in [-0.2, -0.15) is 15.1 Å². The van der Waals surface area contributed by atoms with Crippen molar-refractivity contribution in [3.8, 4) is 11.8 Å². The fourth-order valence-electron chi connectivity index (χ4n) is 5.05. The van der Waals surface area contributed by atoms with Gasteiger partial charge in [-0.1, -0.05) is 13.0 Å². The highest BCUT2D eigenvalue weighted by atomic mass is 16.6. The normalized spacial score (nSPS) is 27.6. The van der Waals surface area contributed by atoms with Crippen molar-refractivity contribution >= 4 is 18.0 Å². The molecule has 3 atom stereocenters. The molecule has 5 heterocycles. The minimum absolute atomic E-state index is 0.0265. The van der Waals surface area contributed by atoms with Crippen LogP contribution in [0.1, 0.15) is 13.3 Å². The summed E-state index contributed by atoms with van der Waals surface area (Å²) in [6, 6.07) is 2.91. The van der Waals surface area contributed by atoms with Gasteiger partial charge in [-0.15, -0.1) is 0 Å². The lowest BCUT2D eigenvalue weighted by molar-refractivity contribution is -0.0661. The summed E-state index contributed by atoms with van der Waals surface area (Å²) in [6.45, 7) is 9.12. The highest BCUT2D eigenvalue weighted by Gasteiger charge is 2.30. The van der Waals surface area contributed by atoms with Gasteiger partial charge in [-0.25, -0.2) is 4.68 Å². The van der Waals surface area contributed by atoms with Crippen LogP contribution in [0.3, 0.4) is 0 Å². The van der Waals surface area contributed by atoms with Crippen LogP contribution in [-0.4, -0.2) is 103 Å². The maximum atomic E-state index is 6.36. The Labute approximate surface area is 198 Å². The number of hydrogen-bond acceptors (Lipinski definition) is 9. The number of piperazine rings is 1. The van der Waals surface area contributed by atoms with E-state index in [2.05, 4.69) is 43.9 Å². The van der Waals surface area contributed by atoms with Crippen LogP contribution in [-0.2, 0) is 14.2 Å². The molecule has 0 amide bonds. The van der Waals surface area contributed by atoms with E-state index in [9.17, 15) is 0 Å². The lowest BCUT2D eigenvalue weighted by Gasteiger charge is -2.42. The fourth-order valence-corrected chi connectivity index (χ4v) is 5.05. The Morgan fingerprint density at radius 3 is 2.53 bits per heavy atom. The Morgan fingerprint density at radius 2 is 1.82 bits per heavy atom. The number of hydrogen-bond donors (Lipinski definition) is 0. The Morgan fingerprint density at radius 1 is 1.00 bits per heavy atom. The second-order valence-electron chi connectivity index (χ2n) is 9.46. The number of fused-ring (bicyclic) bond motifs is 1. The smallest absolute Gasteiger partial charge is 0.320 e. The van der Waals surface area contributed by atoms with Crippen molar-refractivity contribution in [2.75, 3.05) is 64.6 Å². The van der Waals surface area contributed by atoms with Crippen LogP contribution in [0.4, 0.5) is 5.82 Å². The van der Waals surface area contributed by atoms with Crippen molar-refractivity contribution in [2.45, 2.75) is 31.6 Å². The molecule has 4 aliphatic rings. The molecule has 3 fully saturated rings. The van der Waals surface area contributed by atoms with E-state index in [4.69, 9.17) is 18.9 Å². The molecule has 0 N–H and O–H groups in total. The molecular weight excluding hydrogens is 436 g/mol. The lowest BCUT2D eigenvalue weighted by atomic mass is 9.98. The Kier molecular flexibility index (Phi) is 5.98. The van der Waals surface area contributed by atoms with Gasteiger partial charge in [-0.3, -0.25) is 4.90 Å². The summed E-state index contributed by atoms with van der Waals surface area (Å²) < 4.78 is 24.6. The van der Waals surface area contributed by atoms with Gasteiger partial charge < -0.3 is 23.8 Å². The van der Waals surface area contributed by atoms with Crippen LogP contribution < -0.4 is 20.2 Å². The third kappa shape index (κ3) is 4.19. The van der Waals surface area contributed by atoms with E-state index < -0.39 is 0 Å². The average Bonchev–Trinajstić information content (AvgIpc) is 3.48. The number of rotatable bonds is 6. The third-order valence-electron chi connectivity index (χ3n) is 7.21. The van der Waals surface area contributed by atoms with Crippen LogP contribution in [0.15, 0.2) is 12.3 Å². The van der Waals surface area contributed by atoms with Gasteiger partial charge in [0.1, 0.15) is 5.82 Å². The lowest BCUT2D eigenvalue weighted by Crippen LogP contribution is -2.56. The predicted octanol–water partition coefficient (Wildman–Crippen LogP) is -0.423. The minimum atomic E-state index is -0.0265. The molecule has 10 nitrogen and oxygen atoms in total. The monoisotopic (exact) mass is 468 g/mol. The van der Waals surface area contributed by atoms with E-state index in [0.717, 1.165) is 68.8 Å². The van der Waals surface area contributed by atoms with E-state index in [1.807, 2.05) is 16.9 Å². The molecule has 6 rings (SSSR count). The van der Waals surface area contributed by atoms with Crippen molar-refractivity contribution in [3.05, 3.63) is 22.8 Å². The van der Waals surface area contributed by atoms with Crippen LogP contribution in [0.25, 0.3) is 18.0 Å². The van der Waals surface area contributed by atoms with E-state index in [1.54, 1.807) is 7.11 Å². The van der Waals surface area contributed by atoms with Crippen LogP contribution in [0, 0.1) is 5.92 Å². The number of nitrogens with zero attached hydrogens (tertiary/aromatic N) is 6. The van der Waals surface area contributed by atoms with Gasteiger partial charge in [0, 0.05) is 50.0 Å². The predicted molar refractivity (Wildman–Crippen MR) is 126 cm³/mol. The third-order valence-corrected chi connectivity index (χ3v) is 7.21. The highest BCUT2D eigenvalue weighted by molar-refractivity contribution is 5.48. The SMILES string of the molecule is COc1nc(N2CCN(C3COC3)CC2)cc(-n2ncc3c2=CC(OC2CCOC2)C(C)C=3)n1. The zero-order valence-electron chi connectivity index (χ0n) is 19.8. The number of ether oxygens (including phenoxy) is 4.